The number of carbonyl (C=O) groups excluding carboxylic acids is 1. The summed E-state index contributed by atoms with van der Waals surface area (Å²) in [4.78, 5) is 15.3. The number of rotatable bonds is 2. The monoisotopic (exact) mass is 286 g/mol. The lowest BCUT2D eigenvalue weighted by molar-refractivity contribution is 0.100. The topological polar surface area (TPSA) is 58.9 Å². The molecule has 0 aliphatic rings. The lowest BCUT2D eigenvalue weighted by Gasteiger charge is -2.09. The maximum Gasteiger partial charge on any atom is 0.249 e. The summed E-state index contributed by atoms with van der Waals surface area (Å²) in [5.74, 6) is -0.417. The van der Waals surface area contributed by atoms with E-state index in [-0.39, 0.29) is 0 Å². The van der Waals surface area contributed by atoms with Crippen LogP contribution in [0.1, 0.15) is 10.4 Å². The summed E-state index contributed by atoms with van der Waals surface area (Å²) in [7, 11) is 0. The van der Waals surface area contributed by atoms with Crippen molar-refractivity contribution in [3.63, 3.8) is 0 Å². The quantitative estimate of drug-likeness (QED) is 0.573. The lowest BCUT2D eigenvalue weighted by atomic mass is 9.96. The zero-order chi connectivity index (χ0) is 15.1. The number of para-hydroxylation sites is 1. The lowest BCUT2D eigenvalue weighted by Crippen LogP contribution is -2.12. The van der Waals surface area contributed by atoms with E-state index in [9.17, 15) is 4.79 Å². The van der Waals surface area contributed by atoms with Crippen molar-refractivity contribution in [3.05, 3.63) is 72.3 Å². The van der Waals surface area contributed by atoms with Gasteiger partial charge in [-0.2, -0.15) is 0 Å². The first kappa shape index (κ1) is 12.7. The Kier molecular flexibility index (Phi) is 2.73. The minimum Gasteiger partial charge on any atom is -0.366 e. The van der Waals surface area contributed by atoms with Crippen LogP contribution in [0.4, 0.5) is 0 Å². The van der Waals surface area contributed by atoms with Crippen LogP contribution in [0, 0.1) is 0 Å². The summed E-state index contributed by atoms with van der Waals surface area (Å²) in [6.07, 6.45) is 0. The van der Waals surface area contributed by atoms with Gasteiger partial charge in [-0.05, 0) is 17.7 Å². The van der Waals surface area contributed by atoms with Gasteiger partial charge < -0.3 is 10.7 Å². The highest BCUT2D eigenvalue weighted by Gasteiger charge is 2.16. The zero-order valence-electron chi connectivity index (χ0n) is 11.8. The third-order valence-corrected chi connectivity index (χ3v) is 4.01. The van der Waals surface area contributed by atoms with E-state index in [2.05, 4.69) is 11.1 Å². The van der Waals surface area contributed by atoms with Gasteiger partial charge in [0.2, 0.25) is 5.91 Å². The number of primary amides is 1. The number of hydrogen-bond donors (Lipinski definition) is 2. The molecule has 106 valence electrons. The number of hydrogen-bond acceptors (Lipinski definition) is 1. The molecule has 3 nitrogen and oxygen atoms in total. The number of nitrogens with one attached hydrogen (secondary N) is 1. The summed E-state index contributed by atoms with van der Waals surface area (Å²) >= 11 is 0. The highest BCUT2D eigenvalue weighted by atomic mass is 16.1. The number of H-pyrrole nitrogens is 1. The molecular formula is C19H14N2O. The molecule has 1 amide bonds. The van der Waals surface area contributed by atoms with Gasteiger partial charge in [-0.15, -0.1) is 0 Å². The predicted molar refractivity (Wildman–Crippen MR) is 89.8 cm³/mol. The van der Waals surface area contributed by atoms with E-state index < -0.39 is 5.91 Å². The first-order valence-corrected chi connectivity index (χ1v) is 7.14. The second-order valence-electron chi connectivity index (χ2n) is 5.31. The molecule has 0 radical (unpaired) electrons. The molecule has 0 saturated carbocycles. The number of nitrogens with two attached hydrogens (primary N) is 1. The van der Waals surface area contributed by atoms with Gasteiger partial charge in [0.25, 0.3) is 0 Å². The van der Waals surface area contributed by atoms with Crippen molar-refractivity contribution >= 4 is 27.7 Å². The Morgan fingerprint density at radius 1 is 0.818 bits per heavy atom. The first-order valence-electron chi connectivity index (χ1n) is 7.14. The predicted octanol–water partition coefficient (Wildman–Crippen LogP) is 4.09. The Hall–Kier alpha value is -3.07. The smallest absolute Gasteiger partial charge is 0.249 e. The molecule has 4 aromatic rings. The highest BCUT2D eigenvalue weighted by Crippen LogP contribution is 2.35. The number of aromatic nitrogens is 1. The van der Waals surface area contributed by atoms with Gasteiger partial charge in [0.1, 0.15) is 0 Å². The highest BCUT2D eigenvalue weighted by molar-refractivity contribution is 6.16. The van der Waals surface area contributed by atoms with Crippen LogP contribution in [0.5, 0.6) is 0 Å². The Morgan fingerprint density at radius 3 is 2.32 bits per heavy atom. The molecule has 0 aliphatic carbocycles. The molecule has 0 saturated heterocycles. The van der Waals surface area contributed by atoms with Crippen LogP contribution in [-0.4, -0.2) is 10.9 Å². The van der Waals surface area contributed by atoms with E-state index in [0.29, 0.717) is 5.56 Å². The molecule has 0 aliphatic heterocycles. The van der Waals surface area contributed by atoms with Crippen molar-refractivity contribution < 1.29 is 4.79 Å². The number of fused-ring (bicyclic) bond motifs is 3. The zero-order valence-corrected chi connectivity index (χ0v) is 11.8. The van der Waals surface area contributed by atoms with Gasteiger partial charge in [0, 0.05) is 27.4 Å². The normalized spacial score (nSPS) is 11.1. The maximum atomic E-state index is 11.9. The molecule has 0 atom stereocenters. The summed E-state index contributed by atoms with van der Waals surface area (Å²) in [5.41, 5.74) is 9.96. The Labute approximate surface area is 127 Å². The Balaban J connectivity index is 2.18. The molecular weight excluding hydrogens is 272 g/mol. The maximum absolute atomic E-state index is 11.9. The van der Waals surface area contributed by atoms with Crippen molar-refractivity contribution in [1.29, 1.82) is 0 Å². The molecule has 0 fully saturated rings. The summed E-state index contributed by atoms with van der Waals surface area (Å²) in [6.45, 7) is 0. The van der Waals surface area contributed by atoms with Crippen molar-refractivity contribution in [2.24, 2.45) is 5.73 Å². The van der Waals surface area contributed by atoms with Gasteiger partial charge >= 0.3 is 0 Å². The van der Waals surface area contributed by atoms with Crippen LogP contribution in [0.15, 0.2) is 66.7 Å². The molecule has 0 unspecified atom stereocenters. The molecule has 3 aromatic carbocycles. The third kappa shape index (κ3) is 1.79. The van der Waals surface area contributed by atoms with E-state index in [1.54, 1.807) is 0 Å². The minimum atomic E-state index is -0.417. The van der Waals surface area contributed by atoms with Gasteiger partial charge in [-0.3, -0.25) is 4.79 Å². The second-order valence-corrected chi connectivity index (χ2v) is 5.31. The molecule has 0 spiro atoms. The van der Waals surface area contributed by atoms with E-state index in [4.69, 9.17) is 5.73 Å². The fourth-order valence-electron chi connectivity index (χ4n) is 3.03. The van der Waals surface area contributed by atoms with E-state index in [0.717, 1.165) is 32.9 Å². The van der Waals surface area contributed by atoms with E-state index in [1.807, 2.05) is 60.7 Å². The van der Waals surface area contributed by atoms with Crippen LogP contribution >= 0.6 is 0 Å². The molecule has 22 heavy (non-hydrogen) atoms. The van der Waals surface area contributed by atoms with Crippen LogP contribution in [0.25, 0.3) is 32.9 Å². The summed E-state index contributed by atoms with van der Waals surface area (Å²) in [6, 6.07) is 21.8. The molecule has 0 bridgehead atoms. The van der Waals surface area contributed by atoms with E-state index in [1.165, 1.54) is 0 Å². The third-order valence-electron chi connectivity index (χ3n) is 4.01. The first-order chi connectivity index (χ1) is 10.8. The van der Waals surface area contributed by atoms with E-state index >= 15 is 0 Å². The average Bonchev–Trinajstić information content (AvgIpc) is 2.93. The fourth-order valence-corrected chi connectivity index (χ4v) is 3.03. The fraction of sp³-hybridized carbons (Fsp3) is 0. The largest absolute Gasteiger partial charge is 0.366 e. The van der Waals surface area contributed by atoms with Crippen LogP contribution in [-0.2, 0) is 0 Å². The minimum absolute atomic E-state index is 0.417. The molecule has 1 aromatic heterocycles. The van der Waals surface area contributed by atoms with Crippen molar-refractivity contribution in [3.8, 4) is 11.1 Å². The average molecular weight is 286 g/mol. The van der Waals surface area contributed by atoms with Gasteiger partial charge in [0.05, 0.1) is 5.52 Å². The second kappa shape index (κ2) is 4.74. The van der Waals surface area contributed by atoms with Gasteiger partial charge in [-0.1, -0.05) is 54.6 Å². The van der Waals surface area contributed by atoms with Crippen LogP contribution < -0.4 is 5.73 Å². The van der Waals surface area contributed by atoms with Crippen LogP contribution in [0.2, 0.25) is 0 Å². The standard InChI is InChI=1S/C19H14N2O/c20-19(22)15-11-10-14-13-8-4-5-9-16(13)21-18(14)17(15)12-6-2-1-3-7-12/h1-11,21H,(H2,20,22). The number of amides is 1. The van der Waals surface area contributed by atoms with Gasteiger partial charge in [0.15, 0.2) is 0 Å². The van der Waals surface area contributed by atoms with Crippen molar-refractivity contribution in [1.82, 2.24) is 4.98 Å². The number of carbonyl (C=O) groups is 1. The molecule has 4 rings (SSSR count). The van der Waals surface area contributed by atoms with Crippen molar-refractivity contribution in [2.45, 2.75) is 0 Å². The van der Waals surface area contributed by atoms with Crippen molar-refractivity contribution in [2.75, 3.05) is 0 Å². The number of benzene rings is 3. The number of aromatic amines is 1. The summed E-state index contributed by atoms with van der Waals surface area (Å²) in [5, 5.41) is 2.24. The van der Waals surface area contributed by atoms with Crippen LogP contribution in [0.3, 0.4) is 0 Å². The molecule has 1 heterocycles. The Bertz CT molecular complexity index is 1000. The van der Waals surface area contributed by atoms with Gasteiger partial charge in [-0.25, -0.2) is 0 Å². The SMILES string of the molecule is NC(=O)c1ccc2c([nH]c3ccccc32)c1-c1ccccc1. The molecule has 3 N–H and O–H groups in total. The molecule has 3 heteroatoms. The summed E-state index contributed by atoms with van der Waals surface area (Å²) < 4.78 is 0. The Morgan fingerprint density at radius 2 is 1.55 bits per heavy atom.